The maximum absolute atomic E-state index is 9.43. The fourth-order valence-electron chi connectivity index (χ4n) is 4.07. The topological polar surface area (TPSA) is 26.7 Å². The molecule has 0 aromatic heterocycles. The van der Waals surface area contributed by atoms with Crippen LogP contribution in [-0.2, 0) is 6.54 Å². The summed E-state index contributed by atoms with van der Waals surface area (Å²) in [5, 5.41) is 10.3. The highest BCUT2D eigenvalue weighted by Gasteiger charge is 2.32. The van der Waals surface area contributed by atoms with Gasteiger partial charge in [-0.25, -0.2) is 0 Å². The van der Waals surface area contributed by atoms with E-state index in [4.69, 9.17) is 11.6 Å². The average molecular weight is 323 g/mol. The minimum atomic E-state index is 0.286. The van der Waals surface area contributed by atoms with E-state index in [0.29, 0.717) is 6.04 Å². The number of piperazine rings is 1. The van der Waals surface area contributed by atoms with Crippen molar-refractivity contribution < 1.29 is 5.11 Å². The molecule has 22 heavy (non-hydrogen) atoms. The largest absolute Gasteiger partial charge is 0.396 e. The van der Waals surface area contributed by atoms with Crippen molar-refractivity contribution in [2.45, 2.75) is 50.7 Å². The van der Waals surface area contributed by atoms with Gasteiger partial charge in [-0.05, 0) is 30.9 Å². The molecule has 1 saturated heterocycles. The zero-order valence-electron chi connectivity index (χ0n) is 13.3. The second kappa shape index (κ2) is 7.78. The lowest BCUT2D eigenvalue weighted by Crippen LogP contribution is -2.56. The molecule has 1 saturated carbocycles. The lowest BCUT2D eigenvalue weighted by atomic mass is 10.0. The lowest BCUT2D eigenvalue weighted by Gasteiger charge is -2.44. The zero-order valence-corrected chi connectivity index (χ0v) is 14.0. The van der Waals surface area contributed by atoms with Gasteiger partial charge in [-0.1, -0.05) is 42.6 Å². The molecule has 0 bridgehead atoms. The van der Waals surface area contributed by atoms with Gasteiger partial charge in [0.25, 0.3) is 0 Å². The molecule has 1 unspecified atom stereocenters. The number of nitrogens with zero attached hydrogens (tertiary/aromatic N) is 2. The van der Waals surface area contributed by atoms with Gasteiger partial charge >= 0.3 is 0 Å². The Morgan fingerprint density at radius 1 is 1.14 bits per heavy atom. The molecule has 1 aliphatic heterocycles. The van der Waals surface area contributed by atoms with Crippen molar-refractivity contribution >= 4 is 11.6 Å². The molecular weight excluding hydrogens is 296 g/mol. The van der Waals surface area contributed by atoms with Gasteiger partial charge in [-0.15, -0.1) is 0 Å². The third-order valence-corrected chi connectivity index (χ3v) is 5.59. The van der Waals surface area contributed by atoms with Gasteiger partial charge < -0.3 is 5.11 Å². The molecule has 1 aliphatic carbocycles. The van der Waals surface area contributed by atoms with Crippen LogP contribution in [0.2, 0.25) is 5.02 Å². The molecular formula is C18H27ClN2O. The zero-order chi connectivity index (χ0) is 15.4. The van der Waals surface area contributed by atoms with Crippen LogP contribution in [-0.4, -0.2) is 53.2 Å². The van der Waals surface area contributed by atoms with E-state index in [1.54, 1.807) is 0 Å². The first-order valence-electron chi connectivity index (χ1n) is 8.60. The minimum absolute atomic E-state index is 0.286. The number of benzene rings is 1. The summed E-state index contributed by atoms with van der Waals surface area (Å²) in [6.07, 6.45) is 6.31. The van der Waals surface area contributed by atoms with Gasteiger partial charge in [0, 0.05) is 49.9 Å². The van der Waals surface area contributed by atoms with Crippen molar-refractivity contribution in [1.29, 1.82) is 0 Å². The van der Waals surface area contributed by atoms with Crippen molar-refractivity contribution in [2.24, 2.45) is 0 Å². The van der Waals surface area contributed by atoms with Crippen LogP contribution in [0.5, 0.6) is 0 Å². The summed E-state index contributed by atoms with van der Waals surface area (Å²) in [6.45, 7) is 4.47. The molecule has 1 heterocycles. The maximum Gasteiger partial charge on any atom is 0.0451 e. The van der Waals surface area contributed by atoms with Gasteiger partial charge in [-0.2, -0.15) is 0 Å². The van der Waals surface area contributed by atoms with Crippen LogP contribution in [0.15, 0.2) is 24.3 Å². The SMILES string of the molecule is OCCC1CN(Cc2ccccc2Cl)CCN1C1CCCC1. The number of rotatable bonds is 5. The van der Waals surface area contributed by atoms with Crippen molar-refractivity contribution in [3.05, 3.63) is 34.9 Å². The Bertz CT molecular complexity index is 476. The van der Waals surface area contributed by atoms with Crippen molar-refractivity contribution in [3.63, 3.8) is 0 Å². The number of hydrogen-bond acceptors (Lipinski definition) is 3. The molecule has 2 fully saturated rings. The minimum Gasteiger partial charge on any atom is -0.396 e. The Kier molecular flexibility index (Phi) is 5.75. The van der Waals surface area contributed by atoms with E-state index in [9.17, 15) is 5.11 Å². The average Bonchev–Trinajstić information content (AvgIpc) is 3.04. The summed E-state index contributed by atoms with van der Waals surface area (Å²) in [4.78, 5) is 5.17. The molecule has 122 valence electrons. The van der Waals surface area contributed by atoms with Crippen LogP contribution in [0.3, 0.4) is 0 Å². The van der Waals surface area contributed by atoms with Crippen molar-refractivity contribution in [2.75, 3.05) is 26.2 Å². The third kappa shape index (κ3) is 3.83. The van der Waals surface area contributed by atoms with Crippen molar-refractivity contribution in [3.8, 4) is 0 Å². The quantitative estimate of drug-likeness (QED) is 0.902. The lowest BCUT2D eigenvalue weighted by molar-refractivity contribution is 0.0267. The van der Waals surface area contributed by atoms with E-state index >= 15 is 0 Å². The summed E-state index contributed by atoms with van der Waals surface area (Å²) in [6, 6.07) is 9.37. The van der Waals surface area contributed by atoms with Gasteiger partial charge in [0.1, 0.15) is 0 Å². The molecule has 1 aromatic carbocycles. The molecule has 0 radical (unpaired) electrons. The van der Waals surface area contributed by atoms with Crippen LogP contribution in [0.1, 0.15) is 37.7 Å². The first-order valence-corrected chi connectivity index (χ1v) is 8.98. The number of aliphatic hydroxyl groups excluding tert-OH is 1. The van der Waals surface area contributed by atoms with Crippen LogP contribution in [0, 0.1) is 0 Å². The second-order valence-corrected chi connectivity index (χ2v) is 7.08. The highest BCUT2D eigenvalue weighted by atomic mass is 35.5. The fourth-order valence-corrected chi connectivity index (χ4v) is 4.26. The normalized spacial score (nSPS) is 24.9. The Labute approximate surface area is 138 Å². The number of hydrogen-bond donors (Lipinski definition) is 1. The highest BCUT2D eigenvalue weighted by Crippen LogP contribution is 2.28. The molecule has 0 amide bonds. The van der Waals surface area contributed by atoms with Gasteiger partial charge in [0.2, 0.25) is 0 Å². The molecule has 0 spiro atoms. The smallest absolute Gasteiger partial charge is 0.0451 e. The standard InChI is InChI=1S/C18H27ClN2O/c19-18-8-4-1-5-15(18)13-20-10-11-21(16-6-2-3-7-16)17(14-20)9-12-22/h1,4-5,8,16-17,22H,2-3,6-7,9-14H2. The summed E-state index contributed by atoms with van der Waals surface area (Å²) in [5.74, 6) is 0. The van der Waals surface area contributed by atoms with Crippen LogP contribution >= 0.6 is 11.6 Å². The van der Waals surface area contributed by atoms with E-state index < -0.39 is 0 Å². The first kappa shape index (κ1) is 16.3. The number of aliphatic hydroxyl groups is 1. The molecule has 4 heteroatoms. The fraction of sp³-hybridized carbons (Fsp3) is 0.667. The first-order chi connectivity index (χ1) is 10.8. The Hall–Kier alpha value is -0.610. The summed E-state index contributed by atoms with van der Waals surface area (Å²) < 4.78 is 0. The van der Waals surface area contributed by atoms with E-state index in [2.05, 4.69) is 21.9 Å². The number of halogens is 1. The van der Waals surface area contributed by atoms with E-state index in [1.807, 2.05) is 12.1 Å². The van der Waals surface area contributed by atoms with Crippen LogP contribution < -0.4 is 0 Å². The Morgan fingerprint density at radius 2 is 1.91 bits per heavy atom. The molecule has 2 aliphatic rings. The predicted molar refractivity (Wildman–Crippen MR) is 91.2 cm³/mol. The summed E-state index contributed by atoms with van der Waals surface area (Å²) in [5.41, 5.74) is 1.21. The van der Waals surface area contributed by atoms with E-state index in [1.165, 1.54) is 31.2 Å². The Morgan fingerprint density at radius 3 is 2.64 bits per heavy atom. The monoisotopic (exact) mass is 322 g/mol. The van der Waals surface area contributed by atoms with E-state index in [0.717, 1.165) is 43.7 Å². The molecule has 3 rings (SSSR count). The highest BCUT2D eigenvalue weighted by molar-refractivity contribution is 6.31. The van der Waals surface area contributed by atoms with Crippen LogP contribution in [0.25, 0.3) is 0 Å². The third-order valence-electron chi connectivity index (χ3n) is 5.22. The summed E-state index contributed by atoms with van der Waals surface area (Å²) >= 11 is 6.30. The van der Waals surface area contributed by atoms with Gasteiger partial charge in [0.05, 0.1) is 0 Å². The van der Waals surface area contributed by atoms with Gasteiger partial charge in [0.15, 0.2) is 0 Å². The van der Waals surface area contributed by atoms with E-state index in [-0.39, 0.29) is 6.61 Å². The molecule has 1 atom stereocenters. The van der Waals surface area contributed by atoms with Crippen molar-refractivity contribution in [1.82, 2.24) is 9.80 Å². The summed E-state index contributed by atoms with van der Waals surface area (Å²) in [7, 11) is 0. The van der Waals surface area contributed by atoms with Gasteiger partial charge in [-0.3, -0.25) is 9.80 Å². The van der Waals surface area contributed by atoms with Crippen LogP contribution in [0.4, 0.5) is 0 Å². The second-order valence-electron chi connectivity index (χ2n) is 6.67. The predicted octanol–water partition coefficient (Wildman–Crippen LogP) is 3.15. The Balaban J connectivity index is 1.63. The maximum atomic E-state index is 9.43. The molecule has 1 N–H and O–H groups in total. The molecule has 3 nitrogen and oxygen atoms in total. The molecule has 1 aromatic rings.